The third-order valence-corrected chi connectivity index (χ3v) is 4.62. The molecule has 140 valence electrons. The van der Waals surface area contributed by atoms with Crippen molar-refractivity contribution in [2.45, 2.75) is 13.5 Å². The van der Waals surface area contributed by atoms with E-state index in [2.05, 4.69) is 10.4 Å². The van der Waals surface area contributed by atoms with Crippen LogP contribution in [0.25, 0.3) is 0 Å². The second-order valence-corrected chi connectivity index (χ2v) is 6.65. The molecule has 0 radical (unpaired) electrons. The molecular formula is C21H18N4O3. The lowest BCUT2D eigenvalue weighted by Crippen LogP contribution is -2.37. The van der Waals surface area contributed by atoms with E-state index in [4.69, 9.17) is 0 Å². The van der Waals surface area contributed by atoms with Gasteiger partial charge in [-0.3, -0.25) is 19.3 Å². The Morgan fingerprint density at radius 3 is 2.25 bits per heavy atom. The van der Waals surface area contributed by atoms with Crippen molar-refractivity contribution in [3.05, 3.63) is 83.0 Å². The van der Waals surface area contributed by atoms with Gasteiger partial charge >= 0.3 is 0 Å². The molecule has 1 N–H and O–H groups in total. The zero-order chi connectivity index (χ0) is 19.7. The van der Waals surface area contributed by atoms with Gasteiger partial charge in [-0.1, -0.05) is 42.0 Å². The summed E-state index contributed by atoms with van der Waals surface area (Å²) in [6.45, 7) is 2.17. The molecule has 0 atom stereocenters. The van der Waals surface area contributed by atoms with Crippen molar-refractivity contribution in [1.82, 2.24) is 14.7 Å². The molecule has 0 saturated heterocycles. The molecule has 0 unspecified atom stereocenters. The Bertz CT molecular complexity index is 1030. The standard InChI is InChI=1S/C21H18N4O3/c1-14-6-8-15(9-7-14)12-25-18(10-11-22-25)23-19(26)13-24-20(27)16-4-2-3-5-17(16)21(24)28/h2-11H,12-13H2,1H3,(H,23,26). The van der Waals surface area contributed by atoms with Crippen LogP contribution >= 0.6 is 0 Å². The summed E-state index contributed by atoms with van der Waals surface area (Å²) in [6, 6.07) is 16.3. The number of anilines is 1. The average molecular weight is 374 g/mol. The van der Waals surface area contributed by atoms with Crippen LogP contribution in [-0.4, -0.2) is 38.9 Å². The molecular weight excluding hydrogens is 356 g/mol. The Labute approximate surface area is 161 Å². The maximum atomic E-state index is 12.5. The number of benzene rings is 2. The Morgan fingerprint density at radius 1 is 0.964 bits per heavy atom. The predicted octanol–water partition coefficient (Wildman–Crippen LogP) is 2.47. The fourth-order valence-corrected chi connectivity index (χ4v) is 3.14. The van der Waals surface area contributed by atoms with Gasteiger partial charge in [-0.2, -0.15) is 5.10 Å². The van der Waals surface area contributed by atoms with Gasteiger partial charge in [0.25, 0.3) is 11.8 Å². The highest BCUT2D eigenvalue weighted by atomic mass is 16.2. The number of nitrogens with one attached hydrogen (secondary N) is 1. The van der Waals surface area contributed by atoms with Gasteiger partial charge in [-0.15, -0.1) is 0 Å². The highest BCUT2D eigenvalue weighted by Crippen LogP contribution is 2.22. The van der Waals surface area contributed by atoms with Crippen LogP contribution in [0.2, 0.25) is 0 Å². The van der Waals surface area contributed by atoms with Crippen LogP contribution in [0.4, 0.5) is 5.82 Å². The van der Waals surface area contributed by atoms with Gasteiger partial charge < -0.3 is 5.32 Å². The first kappa shape index (κ1) is 17.7. The van der Waals surface area contributed by atoms with Crippen LogP contribution in [0, 0.1) is 6.92 Å². The van der Waals surface area contributed by atoms with Crippen LogP contribution in [0.5, 0.6) is 0 Å². The minimum Gasteiger partial charge on any atom is -0.309 e. The number of imide groups is 1. The summed E-state index contributed by atoms with van der Waals surface area (Å²) in [5.41, 5.74) is 2.86. The van der Waals surface area contributed by atoms with Gasteiger partial charge in [0.2, 0.25) is 5.91 Å². The van der Waals surface area contributed by atoms with Crippen LogP contribution in [0.3, 0.4) is 0 Å². The Hall–Kier alpha value is -3.74. The zero-order valence-electron chi connectivity index (χ0n) is 15.3. The molecule has 1 aromatic heterocycles. The summed E-state index contributed by atoms with van der Waals surface area (Å²) >= 11 is 0. The van der Waals surface area contributed by atoms with E-state index in [-0.39, 0.29) is 6.54 Å². The van der Waals surface area contributed by atoms with E-state index in [1.807, 2.05) is 31.2 Å². The number of hydrogen-bond acceptors (Lipinski definition) is 4. The van der Waals surface area contributed by atoms with Crippen molar-refractivity contribution < 1.29 is 14.4 Å². The number of fused-ring (bicyclic) bond motifs is 1. The monoisotopic (exact) mass is 374 g/mol. The Kier molecular flexibility index (Phi) is 4.49. The lowest BCUT2D eigenvalue weighted by Gasteiger charge is -2.14. The van der Waals surface area contributed by atoms with Crippen LogP contribution in [-0.2, 0) is 11.3 Å². The van der Waals surface area contributed by atoms with E-state index in [1.54, 1.807) is 41.2 Å². The molecule has 1 aliphatic heterocycles. The van der Waals surface area contributed by atoms with Gasteiger partial charge in [0, 0.05) is 6.07 Å². The van der Waals surface area contributed by atoms with Crippen molar-refractivity contribution in [3.8, 4) is 0 Å². The molecule has 28 heavy (non-hydrogen) atoms. The lowest BCUT2D eigenvalue weighted by atomic mass is 10.1. The molecule has 3 aromatic rings. The number of hydrogen-bond donors (Lipinski definition) is 1. The summed E-state index contributed by atoms with van der Waals surface area (Å²) in [4.78, 5) is 38.2. The molecule has 3 amide bonds. The third kappa shape index (κ3) is 3.29. The first-order chi connectivity index (χ1) is 13.5. The second kappa shape index (κ2) is 7.11. The Morgan fingerprint density at radius 2 is 1.61 bits per heavy atom. The smallest absolute Gasteiger partial charge is 0.262 e. The van der Waals surface area contributed by atoms with Crippen molar-refractivity contribution in [2.24, 2.45) is 0 Å². The molecule has 7 heteroatoms. The fraction of sp³-hybridized carbons (Fsp3) is 0.143. The maximum absolute atomic E-state index is 12.5. The molecule has 2 heterocycles. The summed E-state index contributed by atoms with van der Waals surface area (Å²) in [6.07, 6.45) is 1.59. The van der Waals surface area contributed by atoms with Crippen LogP contribution < -0.4 is 5.32 Å². The largest absolute Gasteiger partial charge is 0.309 e. The average Bonchev–Trinajstić information content (AvgIpc) is 3.22. The molecule has 0 spiro atoms. The number of aryl methyl sites for hydroxylation is 1. The van der Waals surface area contributed by atoms with Crippen molar-refractivity contribution in [2.75, 3.05) is 11.9 Å². The summed E-state index contributed by atoms with van der Waals surface area (Å²) in [5.74, 6) is -0.866. The van der Waals surface area contributed by atoms with Gasteiger partial charge in [-0.25, -0.2) is 4.68 Å². The molecule has 1 aliphatic rings. The normalized spacial score (nSPS) is 13.0. The minimum atomic E-state index is -0.458. The van der Waals surface area contributed by atoms with Crippen LogP contribution in [0.15, 0.2) is 60.8 Å². The van der Waals surface area contributed by atoms with E-state index in [0.717, 1.165) is 10.5 Å². The van der Waals surface area contributed by atoms with E-state index in [9.17, 15) is 14.4 Å². The molecule has 0 saturated carbocycles. The minimum absolute atomic E-state index is 0.324. The highest BCUT2D eigenvalue weighted by molar-refractivity contribution is 6.22. The van der Waals surface area contributed by atoms with E-state index in [1.165, 1.54) is 5.56 Å². The van der Waals surface area contributed by atoms with Gasteiger partial charge in [0.15, 0.2) is 0 Å². The summed E-state index contributed by atoms with van der Waals surface area (Å²) in [7, 11) is 0. The molecule has 0 bridgehead atoms. The summed E-state index contributed by atoms with van der Waals surface area (Å²) in [5, 5.41) is 6.97. The van der Waals surface area contributed by atoms with E-state index < -0.39 is 17.7 Å². The first-order valence-electron chi connectivity index (χ1n) is 8.85. The molecule has 2 aromatic carbocycles. The number of aromatic nitrogens is 2. The number of rotatable bonds is 5. The van der Waals surface area contributed by atoms with Crippen molar-refractivity contribution in [1.29, 1.82) is 0 Å². The number of nitrogens with zero attached hydrogens (tertiary/aromatic N) is 3. The SMILES string of the molecule is Cc1ccc(Cn2nccc2NC(=O)CN2C(=O)c3ccccc3C2=O)cc1. The third-order valence-electron chi connectivity index (χ3n) is 4.62. The fourth-order valence-electron chi connectivity index (χ4n) is 3.14. The van der Waals surface area contributed by atoms with Crippen molar-refractivity contribution >= 4 is 23.5 Å². The number of carbonyl (C=O) groups excluding carboxylic acids is 3. The topological polar surface area (TPSA) is 84.3 Å². The maximum Gasteiger partial charge on any atom is 0.262 e. The van der Waals surface area contributed by atoms with Gasteiger partial charge in [0.1, 0.15) is 12.4 Å². The second-order valence-electron chi connectivity index (χ2n) is 6.65. The highest BCUT2D eigenvalue weighted by Gasteiger charge is 2.36. The van der Waals surface area contributed by atoms with E-state index in [0.29, 0.717) is 23.5 Å². The zero-order valence-corrected chi connectivity index (χ0v) is 15.3. The van der Waals surface area contributed by atoms with Crippen LogP contribution in [0.1, 0.15) is 31.8 Å². The molecule has 0 aliphatic carbocycles. The first-order valence-corrected chi connectivity index (χ1v) is 8.85. The number of carbonyl (C=O) groups is 3. The quantitative estimate of drug-likeness (QED) is 0.696. The molecule has 0 fully saturated rings. The predicted molar refractivity (Wildman–Crippen MR) is 103 cm³/mol. The van der Waals surface area contributed by atoms with Gasteiger partial charge in [0.05, 0.1) is 23.9 Å². The van der Waals surface area contributed by atoms with E-state index >= 15 is 0 Å². The number of amides is 3. The Balaban J connectivity index is 1.44. The molecule has 4 rings (SSSR count). The van der Waals surface area contributed by atoms with Gasteiger partial charge in [-0.05, 0) is 24.6 Å². The lowest BCUT2D eigenvalue weighted by molar-refractivity contribution is -0.116. The summed E-state index contributed by atoms with van der Waals surface area (Å²) < 4.78 is 1.66. The van der Waals surface area contributed by atoms with Crippen molar-refractivity contribution in [3.63, 3.8) is 0 Å². The molecule has 7 nitrogen and oxygen atoms in total.